The molecule has 6 heteroatoms. The van der Waals surface area contributed by atoms with Gasteiger partial charge in [-0.2, -0.15) is 0 Å². The summed E-state index contributed by atoms with van der Waals surface area (Å²) >= 11 is 6.10. The van der Waals surface area contributed by atoms with Crippen molar-refractivity contribution < 1.29 is 17.1 Å². The van der Waals surface area contributed by atoms with Crippen LogP contribution in [0.3, 0.4) is 0 Å². The van der Waals surface area contributed by atoms with E-state index in [0.717, 1.165) is 61.0 Å². The van der Waals surface area contributed by atoms with Gasteiger partial charge in [-0.3, -0.25) is 0 Å². The number of hydrogen-bond donors (Lipinski definition) is 2. The Morgan fingerprint density at radius 2 is 1.09 bits per heavy atom. The molecule has 2 aliphatic heterocycles. The van der Waals surface area contributed by atoms with Crippen molar-refractivity contribution in [1.29, 1.82) is 0 Å². The first-order valence-electron chi connectivity index (χ1n) is 10.0. The number of hydrogen-bond acceptors (Lipinski definition) is 2. The monoisotopic (exact) mass is 483 g/mol. The molecule has 8 bridgehead atoms. The SMILES string of the molecule is Clc1ccc(-c2cc3cc4nc(cc5ccc(cc6nc(cc2[nH]3)C=C6)[nH]5)C=C4)cc1.[Cu]. The van der Waals surface area contributed by atoms with E-state index in [0.29, 0.717) is 0 Å². The number of fused-ring (bicyclic) bond motifs is 8. The zero-order valence-corrected chi connectivity index (χ0v) is 18.4. The molecule has 32 heavy (non-hydrogen) atoms. The second kappa shape index (κ2) is 8.29. The minimum absolute atomic E-state index is 0. The van der Waals surface area contributed by atoms with Crippen LogP contribution in [0.25, 0.3) is 57.5 Å². The summed E-state index contributed by atoms with van der Waals surface area (Å²) in [5.74, 6) is 0. The third-order valence-electron chi connectivity index (χ3n) is 5.32. The van der Waals surface area contributed by atoms with Gasteiger partial charge in [0.25, 0.3) is 0 Å². The molecule has 2 N–H and O–H groups in total. The second-order valence-corrected chi connectivity index (χ2v) is 8.03. The van der Waals surface area contributed by atoms with Gasteiger partial charge in [-0.25, -0.2) is 9.97 Å². The first-order valence-corrected chi connectivity index (χ1v) is 10.4. The predicted octanol–water partition coefficient (Wildman–Crippen LogP) is 6.97. The molecule has 0 saturated heterocycles. The average molecular weight is 484 g/mol. The standard InChI is InChI=1S/C26H17ClN4.Cu/c27-17-3-1-16(2-4-17)25-14-24-13-22-8-7-20(29-22)11-18-5-6-19(28-18)12-21-9-10-23(30-21)15-26(25)31-24;/h1-15,28,31H;. The molecule has 0 fully saturated rings. The smallest absolute Gasteiger partial charge is 0.0658 e. The van der Waals surface area contributed by atoms with Crippen molar-refractivity contribution in [1.82, 2.24) is 19.9 Å². The molecule has 0 aliphatic carbocycles. The summed E-state index contributed by atoms with van der Waals surface area (Å²) in [5.41, 5.74) is 9.79. The first kappa shape index (κ1) is 20.5. The number of nitrogens with zero attached hydrogens (tertiary/aromatic N) is 2. The van der Waals surface area contributed by atoms with Gasteiger partial charge in [-0.05, 0) is 84.5 Å². The third kappa shape index (κ3) is 4.06. The number of benzene rings is 1. The summed E-state index contributed by atoms with van der Waals surface area (Å²) < 4.78 is 0. The summed E-state index contributed by atoms with van der Waals surface area (Å²) in [4.78, 5) is 16.4. The number of H-pyrrole nitrogens is 2. The van der Waals surface area contributed by atoms with Crippen LogP contribution in [0.4, 0.5) is 0 Å². The Hall–Kier alpha value is -3.37. The molecule has 0 saturated carbocycles. The van der Waals surface area contributed by atoms with Crippen LogP contribution in [-0.4, -0.2) is 19.9 Å². The fraction of sp³-hybridized carbons (Fsp3) is 0. The Bertz CT molecular complexity index is 1540. The van der Waals surface area contributed by atoms with Gasteiger partial charge < -0.3 is 9.97 Å². The largest absolute Gasteiger partial charge is 0.355 e. The zero-order valence-electron chi connectivity index (χ0n) is 16.7. The topological polar surface area (TPSA) is 57.4 Å². The van der Waals surface area contributed by atoms with E-state index in [-0.39, 0.29) is 17.1 Å². The number of rotatable bonds is 1. The van der Waals surface area contributed by atoms with Crippen LogP contribution >= 0.6 is 11.6 Å². The minimum Gasteiger partial charge on any atom is -0.355 e. The number of aromatic amines is 2. The van der Waals surface area contributed by atoms with E-state index in [1.54, 1.807) is 0 Å². The molecule has 0 spiro atoms. The molecule has 0 atom stereocenters. The van der Waals surface area contributed by atoms with Gasteiger partial charge >= 0.3 is 0 Å². The number of nitrogens with one attached hydrogen (secondary N) is 2. The Morgan fingerprint density at radius 1 is 0.562 bits per heavy atom. The quantitative estimate of drug-likeness (QED) is 0.248. The van der Waals surface area contributed by atoms with Gasteiger partial charge in [-0.1, -0.05) is 23.7 Å². The first-order chi connectivity index (χ1) is 15.2. The summed E-state index contributed by atoms with van der Waals surface area (Å²) in [6.07, 6.45) is 8.10. The van der Waals surface area contributed by atoms with E-state index in [9.17, 15) is 0 Å². The maximum Gasteiger partial charge on any atom is 0.0658 e. The van der Waals surface area contributed by atoms with Crippen LogP contribution in [0.15, 0.2) is 66.7 Å². The molecule has 159 valence electrons. The molecule has 0 amide bonds. The maximum absolute atomic E-state index is 6.10. The van der Waals surface area contributed by atoms with Crippen LogP contribution in [0.2, 0.25) is 5.02 Å². The van der Waals surface area contributed by atoms with Crippen molar-refractivity contribution in [3.05, 3.63) is 94.5 Å². The normalized spacial score (nSPS) is 12.0. The van der Waals surface area contributed by atoms with Gasteiger partial charge in [0, 0.05) is 49.7 Å². The molecule has 4 nitrogen and oxygen atoms in total. The number of halogens is 1. The number of aromatic nitrogens is 4. The van der Waals surface area contributed by atoms with E-state index in [1.807, 2.05) is 72.8 Å². The van der Waals surface area contributed by atoms with Crippen LogP contribution in [0, 0.1) is 0 Å². The fourth-order valence-corrected chi connectivity index (χ4v) is 4.01. The molecule has 2 aliphatic rings. The van der Waals surface area contributed by atoms with Gasteiger partial charge in [-0.15, -0.1) is 0 Å². The van der Waals surface area contributed by atoms with Crippen molar-refractivity contribution in [3.8, 4) is 11.1 Å². The molecule has 1 aromatic carbocycles. The maximum atomic E-state index is 6.10. The van der Waals surface area contributed by atoms with E-state index >= 15 is 0 Å². The van der Waals surface area contributed by atoms with Crippen LogP contribution < -0.4 is 0 Å². The van der Waals surface area contributed by atoms with Crippen molar-refractivity contribution >= 4 is 58.0 Å². The Morgan fingerprint density at radius 3 is 1.69 bits per heavy atom. The zero-order chi connectivity index (χ0) is 20.8. The predicted molar refractivity (Wildman–Crippen MR) is 129 cm³/mol. The van der Waals surface area contributed by atoms with E-state index in [1.165, 1.54) is 0 Å². The van der Waals surface area contributed by atoms with Crippen LogP contribution in [0.5, 0.6) is 0 Å². The molecule has 3 aromatic heterocycles. The molecular formula is C26H17ClCuN4. The van der Waals surface area contributed by atoms with Crippen LogP contribution in [0.1, 0.15) is 22.8 Å². The molecular weight excluding hydrogens is 467 g/mol. The summed E-state index contributed by atoms with van der Waals surface area (Å²) in [5, 5.41) is 0.720. The molecule has 6 rings (SSSR count). The van der Waals surface area contributed by atoms with Crippen molar-refractivity contribution in [2.45, 2.75) is 0 Å². The Kier molecular flexibility index (Phi) is 5.31. The summed E-state index contributed by atoms with van der Waals surface area (Å²) in [7, 11) is 0. The summed E-state index contributed by atoms with van der Waals surface area (Å²) in [6.45, 7) is 0. The van der Waals surface area contributed by atoms with Crippen molar-refractivity contribution in [2.24, 2.45) is 0 Å². The van der Waals surface area contributed by atoms with Gasteiger partial charge in [0.2, 0.25) is 0 Å². The van der Waals surface area contributed by atoms with Crippen molar-refractivity contribution in [2.75, 3.05) is 0 Å². The van der Waals surface area contributed by atoms with E-state index in [4.69, 9.17) is 21.6 Å². The van der Waals surface area contributed by atoms with Gasteiger partial charge in [0.15, 0.2) is 0 Å². The van der Waals surface area contributed by atoms with Crippen LogP contribution in [-0.2, 0) is 17.1 Å². The molecule has 5 heterocycles. The van der Waals surface area contributed by atoms with E-state index in [2.05, 4.69) is 28.2 Å². The Balaban J connectivity index is 0.00000216. The van der Waals surface area contributed by atoms with Gasteiger partial charge in [0.05, 0.1) is 22.8 Å². The third-order valence-corrected chi connectivity index (χ3v) is 5.58. The fourth-order valence-electron chi connectivity index (χ4n) is 3.89. The molecule has 4 aromatic rings. The average Bonchev–Trinajstić information content (AvgIpc) is 3.54. The van der Waals surface area contributed by atoms with Gasteiger partial charge in [0.1, 0.15) is 0 Å². The minimum atomic E-state index is 0. The molecule has 0 unspecified atom stereocenters. The second-order valence-electron chi connectivity index (χ2n) is 7.60. The molecule has 1 radical (unpaired) electrons. The Labute approximate surface area is 200 Å². The van der Waals surface area contributed by atoms with Crippen molar-refractivity contribution in [3.63, 3.8) is 0 Å². The summed E-state index contributed by atoms with van der Waals surface area (Å²) in [6, 6.07) is 22.3. The van der Waals surface area contributed by atoms with E-state index < -0.39 is 0 Å².